The Morgan fingerprint density at radius 1 is 1.26 bits per heavy atom. The minimum absolute atomic E-state index is 0.602. The van der Waals surface area contributed by atoms with Crippen LogP contribution in [0, 0.1) is 6.92 Å². The van der Waals surface area contributed by atoms with Crippen molar-refractivity contribution in [2.24, 2.45) is 0 Å². The molecule has 0 saturated heterocycles. The summed E-state index contributed by atoms with van der Waals surface area (Å²) in [6, 6.07) is 5.84. The number of aryl methyl sites for hydroxylation is 1. The Balaban J connectivity index is 2.32. The topological polar surface area (TPSA) is 44.4 Å². The third-order valence-electron chi connectivity index (χ3n) is 4.46. The van der Waals surface area contributed by atoms with Gasteiger partial charge in [-0.15, -0.1) is 0 Å². The SMILES string of the molecule is CC(C)=C/C(NSC1CCCCC1)=C(/Nc1ccc(C)cc1Cl)N(C)C=O. The summed E-state index contributed by atoms with van der Waals surface area (Å²) >= 11 is 8.15. The Labute approximate surface area is 172 Å². The first kappa shape index (κ1) is 21.7. The van der Waals surface area contributed by atoms with Crippen molar-refractivity contribution in [3.05, 3.63) is 52.0 Å². The number of nitrogens with zero attached hydrogens (tertiary/aromatic N) is 1. The number of carbonyl (C=O) groups is 1. The van der Waals surface area contributed by atoms with Crippen LogP contribution in [0.15, 0.2) is 41.4 Å². The largest absolute Gasteiger partial charge is 0.339 e. The van der Waals surface area contributed by atoms with Crippen LogP contribution in [0.5, 0.6) is 0 Å². The van der Waals surface area contributed by atoms with Gasteiger partial charge in [0.15, 0.2) is 0 Å². The molecular formula is C21H30ClN3OS. The first-order valence-electron chi connectivity index (χ1n) is 9.43. The lowest BCUT2D eigenvalue weighted by molar-refractivity contribution is -0.115. The molecule has 6 heteroatoms. The molecule has 1 fully saturated rings. The molecule has 1 aromatic rings. The molecule has 0 bridgehead atoms. The van der Waals surface area contributed by atoms with Crippen molar-refractivity contribution >= 4 is 35.6 Å². The van der Waals surface area contributed by atoms with Crippen LogP contribution < -0.4 is 10.0 Å². The molecule has 2 rings (SSSR count). The average molecular weight is 408 g/mol. The van der Waals surface area contributed by atoms with Gasteiger partial charge in [-0.3, -0.25) is 4.79 Å². The maximum atomic E-state index is 11.5. The number of benzene rings is 1. The van der Waals surface area contributed by atoms with Gasteiger partial charge in [0.05, 0.1) is 16.4 Å². The van der Waals surface area contributed by atoms with Gasteiger partial charge in [-0.25, -0.2) is 0 Å². The van der Waals surface area contributed by atoms with Gasteiger partial charge in [-0.1, -0.05) is 42.5 Å². The first-order chi connectivity index (χ1) is 12.9. The van der Waals surface area contributed by atoms with Crippen LogP contribution in [-0.2, 0) is 4.79 Å². The molecule has 1 aliphatic carbocycles. The standard InChI is InChI=1S/C21H30ClN3OS/c1-15(2)12-20(24-27-17-8-6-5-7-9-17)21(25(4)14-26)23-19-11-10-16(3)13-18(19)22/h10-14,17,23-24H,5-9H2,1-4H3/b21-20+. The van der Waals surface area contributed by atoms with Gasteiger partial charge in [0.2, 0.25) is 6.41 Å². The number of hydrogen-bond acceptors (Lipinski definition) is 4. The Hall–Kier alpha value is -1.59. The number of allylic oxidation sites excluding steroid dienone is 2. The van der Waals surface area contributed by atoms with Crippen molar-refractivity contribution in [2.75, 3.05) is 12.4 Å². The fourth-order valence-electron chi connectivity index (χ4n) is 3.01. The van der Waals surface area contributed by atoms with Crippen LogP contribution in [0.2, 0.25) is 5.02 Å². The van der Waals surface area contributed by atoms with Gasteiger partial charge in [0.25, 0.3) is 0 Å². The number of carbonyl (C=O) groups excluding carboxylic acids is 1. The molecule has 0 aromatic heterocycles. The molecule has 2 N–H and O–H groups in total. The summed E-state index contributed by atoms with van der Waals surface area (Å²) in [5.41, 5.74) is 3.89. The monoisotopic (exact) mass is 407 g/mol. The van der Waals surface area contributed by atoms with E-state index in [1.165, 1.54) is 32.1 Å². The van der Waals surface area contributed by atoms with E-state index in [9.17, 15) is 4.79 Å². The van der Waals surface area contributed by atoms with Gasteiger partial charge in [0.1, 0.15) is 5.82 Å². The predicted molar refractivity (Wildman–Crippen MR) is 118 cm³/mol. The van der Waals surface area contributed by atoms with E-state index in [0.29, 0.717) is 16.1 Å². The summed E-state index contributed by atoms with van der Waals surface area (Å²) in [6.07, 6.45) is 9.24. The van der Waals surface area contributed by atoms with E-state index < -0.39 is 0 Å². The fourth-order valence-corrected chi connectivity index (χ4v) is 4.31. The highest BCUT2D eigenvalue weighted by Gasteiger charge is 2.17. The summed E-state index contributed by atoms with van der Waals surface area (Å²) in [5, 5.41) is 4.57. The van der Waals surface area contributed by atoms with E-state index in [1.807, 2.05) is 39.0 Å². The van der Waals surface area contributed by atoms with E-state index in [4.69, 9.17) is 11.6 Å². The normalized spacial score (nSPS) is 15.6. The lowest BCUT2D eigenvalue weighted by Gasteiger charge is -2.25. The highest BCUT2D eigenvalue weighted by molar-refractivity contribution is 7.98. The van der Waals surface area contributed by atoms with Crippen LogP contribution >= 0.6 is 23.5 Å². The highest BCUT2D eigenvalue weighted by Crippen LogP contribution is 2.29. The molecule has 4 nitrogen and oxygen atoms in total. The Bertz CT molecular complexity index is 707. The second-order valence-electron chi connectivity index (χ2n) is 7.29. The zero-order valence-corrected chi connectivity index (χ0v) is 18.2. The molecule has 0 atom stereocenters. The van der Waals surface area contributed by atoms with E-state index in [-0.39, 0.29) is 0 Å². The fraction of sp³-hybridized carbons (Fsp3) is 0.476. The van der Waals surface area contributed by atoms with E-state index in [1.54, 1.807) is 23.9 Å². The second kappa shape index (κ2) is 10.7. The molecule has 0 aliphatic heterocycles. The second-order valence-corrected chi connectivity index (χ2v) is 8.80. The molecule has 1 aromatic carbocycles. The summed E-state index contributed by atoms with van der Waals surface area (Å²) in [7, 11) is 1.74. The van der Waals surface area contributed by atoms with E-state index >= 15 is 0 Å². The van der Waals surface area contributed by atoms with Crippen LogP contribution in [0.3, 0.4) is 0 Å². The number of amides is 1. The Kier molecular flexibility index (Phi) is 8.58. The molecule has 1 aliphatic rings. The minimum atomic E-state index is 0.602. The molecule has 0 heterocycles. The highest BCUT2D eigenvalue weighted by atomic mass is 35.5. The summed E-state index contributed by atoms with van der Waals surface area (Å²) in [6.45, 7) is 6.09. The van der Waals surface area contributed by atoms with Crippen molar-refractivity contribution in [3.63, 3.8) is 0 Å². The zero-order valence-electron chi connectivity index (χ0n) is 16.6. The zero-order chi connectivity index (χ0) is 19.8. The van der Waals surface area contributed by atoms with Crippen molar-refractivity contribution in [2.45, 2.75) is 58.1 Å². The number of hydrogen-bond donors (Lipinski definition) is 2. The molecule has 0 unspecified atom stereocenters. The van der Waals surface area contributed by atoms with Crippen molar-refractivity contribution in [1.82, 2.24) is 9.62 Å². The number of halogens is 1. The lowest BCUT2D eigenvalue weighted by atomic mass is 10.0. The van der Waals surface area contributed by atoms with Crippen LogP contribution in [0.4, 0.5) is 5.69 Å². The third-order valence-corrected chi connectivity index (χ3v) is 5.92. The van der Waals surface area contributed by atoms with Crippen LogP contribution in [0.25, 0.3) is 0 Å². The van der Waals surface area contributed by atoms with Gasteiger partial charge >= 0.3 is 0 Å². The Morgan fingerprint density at radius 3 is 2.56 bits per heavy atom. The van der Waals surface area contributed by atoms with Crippen molar-refractivity contribution in [3.8, 4) is 0 Å². The molecule has 1 amide bonds. The van der Waals surface area contributed by atoms with E-state index in [0.717, 1.165) is 28.9 Å². The smallest absolute Gasteiger partial charge is 0.215 e. The maximum Gasteiger partial charge on any atom is 0.215 e. The predicted octanol–water partition coefficient (Wildman–Crippen LogP) is 5.85. The van der Waals surface area contributed by atoms with Gasteiger partial charge < -0.3 is 14.9 Å². The quantitative estimate of drug-likeness (QED) is 0.322. The van der Waals surface area contributed by atoms with Gasteiger partial charge in [0, 0.05) is 12.3 Å². The average Bonchev–Trinajstić information content (AvgIpc) is 2.64. The number of anilines is 1. The van der Waals surface area contributed by atoms with Crippen molar-refractivity contribution in [1.29, 1.82) is 0 Å². The van der Waals surface area contributed by atoms with E-state index in [2.05, 4.69) is 16.1 Å². The molecule has 1 saturated carbocycles. The molecule has 148 valence electrons. The number of nitrogens with one attached hydrogen (secondary N) is 2. The molecule has 0 radical (unpaired) electrons. The number of rotatable bonds is 8. The van der Waals surface area contributed by atoms with Crippen LogP contribution in [0.1, 0.15) is 51.5 Å². The molecule has 27 heavy (non-hydrogen) atoms. The third kappa shape index (κ3) is 6.82. The van der Waals surface area contributed by atoms with Gasteiger partial charge in [-0.05, 0) is 69.3 Å². The van der Waals surface area contributed by atoms with Crippen LogP contribution in [-0.4, -0.2) is 23.6 Å². The summed E-state index contributed by atoms with van der Waals surface area (Å²) in [5.74, 6) is 0.681. The van der Waals surface area contributed by atoms with Gasteiger partial charge in [-0.2, -0.15) is 0 Å². The molecule has 0 spiro atoms. The minimum Gasteiger partial charge on any atom is -0.339 e. The Morgan fingerprint density at radius 2 is 1.96 bits per heavy atom. The first-order valence-corrected chi connectivity index (χ1v) is 10.7. The lowest BCUT2D eigenvalue weighted by Crippen LogP contribution is -2.27. The summed E-state index contributed by atoms with van der Waals surface area (Å²) in [4.78, 5) is 13.1. The maximum absolute atomic E-state index is 11.5. The molecular weight excluding hydrogens is 378 g/mol. The summed E-state index contributed by atoms with van der Waals surface area (Å²) < 4.78 is 3.50. The van der Waals surface area contributed by atoms with Crippen molar-refractivity contribution < 1.29 is 4.79 Å².